The van der Waals surface area contributed by atoms with Gasteiger partial charge in [-0.05, 0) is 35.4 Å². The van der Waals surface area contributed by atoms with Gasteiger partial charge in [0.15, 0.2) is 0 Å². The van der Waals surface area contributed by atoms with E-state index in [4.69, 9.17) is 4.74 Å². The summed E-state index contributed by atoms with van der Waals surface area (Å²) in [6, 6.07) is 27.0. The van der Waals surface area contributed by atoms with Gasteiger partial charge >= 0.3 is 0 Å². The zero-order valence-electron chi connectivity index (χ0n) is 11.5. The molecule has 0 saturated heterocycles. The number of aromatic hydroxyl groups is 1. The number of benzene rings is 3. The van der Waals surface area contributed by atoms with Crippen LogP contribution < -0.4 is 4.74 Å². The van der Waals surface area contributed by atoms with Crippen LogP contribution in [0.3, 0.4) is 0 Å². The van der Waals surface area contributed by atoms with Gasteiger partial charge in [-0.3, -0.25) is 0 Å². The second-order valence-corrected chi connectivity index (χ2v) is 4.81. The van der Waals surface area contributed by atoms with E-state index in [9.17, 15) is 5.11 Å². The van der Waals surface area contributed by atoms with E-state index in [2.05, 4.69) is 24.3 Å². The first-order valence-corrected chi connectivity index (χ1v) is 6.88. The van der Waals surface area contributed by atoms with Crippen molar-refractivity contribution in [1.29, 1.82) is 0 Å². The summed E-state index contributed by atoms with van der Waals surface area (Å²) >= 11 is 0. The van der Waals surface area contributed by atoms with Crippen LogP contribution >= 0.6 is 0 Å². The summed E-state index contributed by atoms with van der Waals surface area (Å²) in [6.45, 7) is 0. The van der Waals surface area contributed by atoms with E-state index < -0.39 is 0 Å². The highest BCUT2D eigenvalue weighted by atomic mass is 16.5. The van der Waals surface area contributed by atoms with Gasteiger partial charge in [-0.2, -0.15) is 0 Å². The van der Waals surface area contributed by atoms with Crippen molar-refractivity contribution < 1.29 is 9.84 Å². The van der Waals surface area contributed by atoms with Crippen LogP contribution in [0, 0.1) is 0 Å². The summed E-state index contributed by atoms with van der Waals surface area (Å²) in [4.78, 5) is 0. The Labute approximate surface area is 124 Å². The Kier molecular flexibility index (Phi) is 3.88. The minimum Gasteiger partial charge on any atom is -0.508 e. The van der Waals surface area contributed by atoms with Gasteiger partial charge in [0.1, 0.15) is 17.6 Å². The molecule has 2 nitrogen and oxygen atoms in total. The molecule has 0 fully saturated rings. The normalized spacial score (nSPS) is 10.5. The van der Waals surface area contributed by atoms with Crippen LogP contribution in [0.5, 0.6) is 11.5 Å². The van der Waals surface area contributed by atoms with Gasteiger partial charge in [-0.1, -0.05) is 60.7 Å². The topological polar surface area (TPSA) is 29.5 Å². The average Bonchev–Trinajstić information content (AvgIpc) is 2.56. The molecule has 3 aromatic carbocycles. The maximum absolute atomic E-state index is 9.37. The molecule has 0 atom stereocenters. The van der Waals surface area contributed by atoms with E-state index in [0.29, 0.717) is 0 Å². The molecule has 0 aromatic heterocycles. The highest BCUT2D eigenvalue weighted by Gasteiger charge is 2.15. The molecule has 0 bridgehead atoms. The van der Waals surface area contributed by atoms with Crippen molar-refractivity contribution in [3.8, 4) is 11.5 Å². The third kappa shape index (κ3) is 3.23. The lowest BCUT2D eigenvalue weighted by atomic mass is 10.0. The van der Waals surface area contributed by atoms with Crippen LogP contribution in [-0.2, 0) is 0 Å². The molecule has 0 amide bonds. The Balaban J connectivity index is 1.95. The minimum absolute atomic E-state index is 0.169. The zero-order chi connectivity index (χ0) is 14.5. The molecule has 21 heavy (non-hydrogen) atoms. The molecule has 0 saturated carbocycles. The molecule has 0 unspecified atom stereocenters. The molecular weight excluding hydrogens is 260 g/mol. The Morgan fingerprint density at radius 1 is 0.619 bits per heavy atom. The number of hydrogen-bond acceptors (Lipinski definition) is 2. The third-order valence-corrected chi connectivity index (χ3v) is 3.30. The smallest absolute Gasteiger partial charge is 0.149 e. The molecule has 0 heterocycles. The first-order chi connectivity index (χ1) is 10.3. The lowest BCUT2D eigenvalue weighted by Gasteiger charge is -2.20. The second-order valence-electron chi connectivity index (χ2n) is 4.81. The number of ether oxygens (including phenoxy) is 1. The number of phenolic OH excluding ortho intramolecular Hbond substituents is 1. The van der Waals surface area contributed by atoms with E-state index in [1.54, 1.807) is 24.3 Å². The Morgan fingerprint density at radius 3 is 1.57 bits per heavy atom. The molecule has 0 aliphatic heterocycles. The maximum Gasteiger partial charge on any atom is 0.149 e. The van der Waals surface area contributed by atoms with Crippen LogP contribution in [0.15, 0.2) is 84.9 Å². The molecule has 3 aromatic rings. The maximum atomic E-state index is 9.37. The molecule has 0 spiro atoms. The fraction of sp³-hybridized carbons (Fsp3) is 0.0526. The standard InChI is InChI=1S/C19H16O2/c20-17-11-13-18(14-12-17)21-19(15-7-3-1-4-8-15)16-9-5-2-6-10-16/h1-14,19-20H. The summed E-state index contributed by atoms with van der Waals surface area (Å²) < 4.78 is 6.13. The second kappa shape index (κ2) is 6.14. The van der Waals surface area contributed by atoms with Crippen molar-refractivity contribution in [3.05, 3.63) is 96.1 Å². The Bertz CT molecular complexity index is 636. The van der Waals surface area contributed by atoms with E-state index in [0.717, 1.165) is 16.9 Å². The van der Waals surface area contributed by atoms with Crippen LogP contribution in [0.2, 0.25) is 0 Å². The number of rotatable bonds is 4. The van der Waals surface area contributed by atoms with Crippen LogP contribution in [0.25, 0.3) is 0 Å². The van der Waals surface area contributed by atoms with E-state index in [1.807, 2.05) is 36.4 Å². The fourth-order valence-corrected chi connectivity index (χ4v) is 2.24. The highest BCUT2D eigenvalue weighted by Crippen LogP contribution is 2.29. The summed E-state index contributed by atoms with van der Waals surface area (Å²) in [7, 11) is 0. The molecule has 0 aliphatic rings. The van der Waals surface area contributed by atoms with Gasteiger partial charge in [0.05, 0.1) is 0 Å². The van der Waals surface area contributed by atoms with Crippen LogP contribution in [-0.4, -0.2) is 5.11 Å². The molecule has 1 N–H and O–H groups in total. The summed E-state index contributed by atoms with van der Waals surface area (Å²) in [6.07, 6.45) is -0.169. The van der Waals surface area contributed by atoms with Crippen LogP contribution in [0.1, 0.15) is 17.2 Å². The summed E-state index contributed by atoms with van der Waals surface area (Å²) in [5.41, 5.74) is 2.19. The van der Waals surface area contributed by atoms with E-state index >= 15 is 0 Å². The van der Waals surface area contributed by atoms with Gasteiger partial charge in [-0.15, -0.1) is 0 Å². The molecule has 3 rings (SSSR count). The highest BCUT2D eigenvalue weighted by molar-refractivity contribution is 5.35. The SMILES string of the molecule is Oc1ccc(OC(c2ccccc2)c2ccccc2)cc1. The quantitative estimate of drug-likeness (QED) is 0.757. The predicted molar refractivity (Wildman–Crippen MR) is 83.5 cm³/mol. The van der Waals surface area contributed by atoms with Crippen molar-refractivity contribution in [1.82, 2.24) is 0 Å². The lowest BCUT2D eigenvalue weighted by molar-refractivity contribution is 0.247. The number of hydrogen-bond donors (Lipinski definition) is 1. The van der Waals surface area contributed by atoms with Gasteiger partial charge in [-0.25, -0.2) is 0 Å². The molecule has 0 aliphatic carbocycles. The van der Waals surface area contributed by atoms with Crippen LogP contribution in [0.4, 0.5) is 0 Å². The minimum atomic E-state index is -0.169. The predicted octanol–water partition coefficient (Wildman–Crippen LogP) is 4.56. The first kappa shape index (κ1) is 13.3. The first-order valence-electron chi connectivity index (χ1n) is 6.88. The molecule has 2 heteroatoms. The largest absolute Gasteiger partial charge is 0.508 e. The van der Waals surface area contributed by atoms with Gasteiger partial charge < -0.3 is 9.84 Å². The molecule has 0 radical (unpaired) electrons. The monoisotopic (exact) mass is 276 g/mol. The Hall–Kier alpha value is -2.74. The van der Waals surface area contributed by atoms with E-state index in [-0.39, 0.29) is 11.9 Å². The zero-order valence-corrected chi connectivity index (χ0v) is 11.5. The van der Waals surface area contributed by atoms with Crippen molar-refractivity contribution in [2.24, 2.45) is 0 Å². The van der Waals surface area contributed by atoms with Crippen molar-refractivity contribution in [2.75, 3.05) is 0 Å². The average molecular weight is 276 g/mol. The fourth-order valence-electron chi connectivity index (χ4n) is 2.24. The van der Waals surface area contributed by atoms with Gasteiger partial charge in [0.2, 0.25) is 0 Å². The summed E-state index contributed by atoms with van der Waals surface area (Å²) in [5.74, 6) is 0.962. The third-order valence-electron chi connectivity index (χ3n) is 3.30. The van der Waals surface area contributed by atoms with Crippen molar-refractivity contribution in [2.45, 2.75) is 6.10 Å². The van der Waals surface area contributed by atoms with Gasteiger partial charge in [0, 0.05) is 0 Å². The summed E-state index contributed by atoms with van der Waals surface area (Å²) in [5, 5.41) is 9.37. The molecular formula is C19H16O2. The van der Waals surface area contributed by atoms with Gasteiger partial charge in [0.25, 0.3) is 0 Å². The number of phenols is 1. The Morgan fingerprint density at radius 2 is 1.10 bits per heavy atom. The lowest BCUT2D eigenvalue weighted by Crippen LogP contribution is -2.09. The van der Waals surface area contributed by atoms with E-state index in [1.165, 1.54) is 0 Å². The van der Waals surface area contributed by atoms with Crippen molar-refractivity contribution >= 4 is 0 Å². The van der Waals surface area contributed by atoms with Crippen molar-refractivity contribution in [3.63, 3.8) is 0 Å². The molecule has 104 valence electrons.